The molecule has 0 aliphatic carbocycles. The molecule has 0 aliphatic heterocycles. The summed E-state index contributed by atoms with van der Waals surface area (Å²) < 4.78 is 0. The predicted octanol–water partition coefficient (Wildman–Crippen LogP) is 4.59. The third-order valence-electron chi connectivity index (χ3n) is 4.57. The molecule has 158 valence electrons. The number of amides is 2. The molecule has 2 aromatic rings. The number of aryl methyl sites for hydroxylation is 1. The minimum absolute atomic E-state index is 0.0381. The molecular formula is C23H28N4O2S. The monoisotopic (exact) mass is 424 g/mol. The molecule has 7 heteroatoms. The van der Waals surface area contributed by atoms with Crippen LogP contribution in [0.3, 0.4) is 0 Å². The van der Waals surface area contributed by atoms with Crippen LogP contribution in [0.5, 0.6) is 0 Å². The molecule has 1 unspecified atom stereocenters. The maximum atomic E-state index is 12.5. The summed E-state index contributed by atoms with van der Waals surface area (Å²) in [6.07, 6.45) is 12.1. The van der Waals surface area contributed by atoms with Crippen molar-refractivity contribution in [3.05, 3.63) is 64.4 Å². The first-order valence-corrected chi connectivity index (χ1v) is 10.6. The van der Waals surface area contributed by atoms with Crippen LogP contribution in [0.2, 0.25) is 0 Å². The Balaban J connectivity index is 2.33. The van der Waals surface area contributed by atoms with E-state index in [0.717, 1.165) is 39.5 Å². The van der Waals surface area contributed by atoms with Crippen LogP contribution >= 0.6 is 11.3 Å². The van der Waals surface area contributed by atoms with Crippen molar-refractivity contribution >= 4 is 35.3 Å². The highest BCUT2D eigenvalue weighted by Crippen LogP contribution is 2.31. The first-order chi connectivity index (χ1) is 14.4. The number of hydrogen-bond acceptors (Lipinski definition) is 4. The quantitative estimate of drug-likeness (QED) is 0.296. The Morgan fingerprint density at radius 2 is 2.20 bits per heavy atom. The average molecular weight is 425 g/mol. The van der Waals surface area contributed by atoms with E-state index in [1.54, 1.807) is 12.2 Å². The lowest BCUT2D eigenvalue weighted by molar-refractivity contribution is -0.117. The van der Waals surface area contributed by atoms with Crippen molar-refractivity contribution < 1.29 is 9.59 Å². The van der Waals surface area contributed by atoms with Gasteiger partial charge in [0.25, 0.3) is 5.91 Å². The molecule has 0 spiro atoms. The number of carbonyl (C=O) groups excluding carboxylic acids is 2. The fraction of sp³-hybridized carbons (Fsp3) is 0.261. The maximum absolute atomic E-state index is 12.5. The van der Waals surface area contributed by atoms with Gasteiger partial charge >= 0.3 is 0 Å². The van der Waals surface area contributed by atoms with Crippen LogP contribution in [0.1, 0.15) is 43.5 Å². The Bertz CT molecular complexity index is 995. The summed E-state index contributed by atoms with van der Waals surface area (Å²) in [4.78, 5) is 31.2. The highest BCUT2D eigenvalue weighted by Gasteiger charge is 2.14. The summed E-state index contributed by atoms with van der Waals surface area (Å²) >= 11 is 1.50. The highest BCUT2D eigenvalue weighted by atomic mass is 32.1. The van der Waals surface area contributed by atoms with Gasteiger partial charge in [-0.2, -0.15) is 0 Å². The molecule has 0 saturated heterocycles. The third-order valence-corrected chi connectivity index (χ3v) is 5.55. The van der Waals surface area contributed by atoms with Crippen molar-refractivity contribution in [2.75, 3.05) is 0 Å². The van der Waals surface area contributed by atoms with Crippen molar-refractivity contribution in [1.82, 2.24) is 20.6 Å². The molecular weight excluding hydrogens is 396 g/mol. The highest BCUT2D eigenvalue weighted by molar-refractivity contribution is 7.11. The number of allylic oxidation sites excluding steroid dienone is 3. The minimum atomic E-state index is -0.243. The summed E-state index contributed by atoms with van der Waals surface area (Å²) in [6.45, 7) is 11.6. The molecule has 0 aromatic carbocycles. The number of aromatic amines is 1. The minimum Gasteiger partial charge on any atom is -0.364 e. The van der Waals surface area contributed by atoms with Gasteiger partial charge in [-0.15, -0.1) is 11.3 Å². The van der Waals surface area contributed by atoms with Crippen LogP contribution in [0.25, 0.3) is 22.9 Å². The normalized spacial score (nSPS) is 13.3. The summed E-state index contributed by atoms with van der Waals surface area (Å²) in [5, 5.41) is 8.16. The fourth-order valence-corrected chi connectivity index (χ4v) is 3.51. The molecule has 0 saturated carbocycles. The van der Waals surface area contributed by atoms with Crippen molar-refractivity contribution in [3.8, 4) is 11.3 Å². The van der Waals surface area contributed by atoms with Gasteiger partial charge < -0.3 is 15.6 Å². The van der Waals surface area contributed by atoms with Crippen molar-refractivity contribution in [2.24, 2.45) is 0 Å². The zero-order chi connectivity index (χ0) is 22.1. The summed E-state index contributed by atoms with van der Waals surface area (Å²) in [7, 11) is 0. The van der Waals surface area contributed by atoms with Gasteiger partial charge in [0.15, 0.2) is 0 Å². The summed E-state index contributed by atoms with van der Waals surface area (Å²) in [5.74, 6) is -0.243. The van der Waals surface area contributed by atoms with Gasteiger partial charge in [0, 0.05) is 40.6 Å². The second-order valence-corrected chi connectivity index (χ2v) is 7.73. The number of rotatable bonds is 10. The van der Waals surface area contributed by atoms with E-state index >= 15 is 0 Å². The Labute approximate surface area is 181 Å². The van der Waals surface area contributed by atoms with E-state index in [1.807, 2.05) is 51.4 Å². The van der Waals surface area contributed by atoms with Gasteiger partial charge in [0.05, 0.1) is 11.3 Å². The van der Waals surface area contributed by atoms with Crippen molar-refractivity contribution in [1.29, 1.82) is 0 Å². The summed E-state index contributed by atoms with van der Waals surface area (Å²) in [6, 6.07) is 0.0381. The van der Waals surface area contributed by atoms with E-state index in [4.69, 9.17) is 4.98 Å². The molecule has 2 heterocycles. The van der Waals surface area contributed by atoms with E-state index in [0.29, 0.717) is 12.0 Å². The van der Waals surface area contributed by atoms with E-state index in [-0.39, 0.29) is 11.9 Å². The number of hydrogen-bond donors (Lipinski definition) is 3. The zero-order valence-corrected chi connectivity index (χ0v) is 18.6. The molecule has 2 amide bonds. The zero-order valence-electron chi connectivity index (χ0n) is 17.8. The van der Waals surface area contributed by atoms with Crippen LogP contribution in [0.15, 0.2) is 48.2 Å². The van der Waals surface area contributed by atoms with E-state index in [9.17, 15) is 9.59 Å². The number of nitrogens with one attached hydrogen (secondary N) is 3. The fourth-order valence-electron chi connectivity index (χ4n) is 2.71. The lowest BCUT2D eigenvalue weighted by Gasteiger charge is -2.12. The van der Waals surface area contributed by atoms with Gasteiger partial charge in [0.1, 0.15) is 5.01 Å². The van der Waals surface area contributed by atoms with Gasteiger partial charge in [-0.25, -0.2) is 4.98 Å². The topological polar surface area (TPSA) is 86.9 Å². The van der Waals surface area contributed by atoms with Crippen LogP contribution in [0, 0.1) is 6.92 Å². The smallest absolute Gasteiger partial charge is 0.252 e. The van der Waals surface area contributed by atoms with Crippen LogP contribution in [-0.4, -0.2) is 28.3 Å². The molecule has 0 fully saturated rings. The first kappa shape index (κ1) is 23.1. The summed E-state index contributed by atoms with van der Waals surface area (Å²) in [5.41, 5.74) is 5.18. The predicted molar refractivity (Wildman–Crippen MR) is 125 cm³/mol. The molecule has 2 rings (SSSR count). The number of H-pyrrole nitrogens is 1. The maximum Gasteiger partial charge on any atom is 0.252 e. The van der Waals surface area contributed by atoms with Gasteiger partial charge in [-0.1, -0.05) is 31.7 Å². The van der Waals surface area contributed by atoms with Crippen molar-refractivity contribution in [2.45, 2.75) is 40.2 Å². The Morgan fingerprint density at radius 1 is 1.43 bits per heavy atom. The number of carbonyl (C=O) groups is 2. The van der Waals surface area contributed by atoms with Gasteiger partial charge in [-0.05, 0) is 38.8 Å². The molecule has 1 atom stereocenters. The lowest BCUT2D eigenvalue weighted by Crippen LogP contribution is -2.33. The number of thiazole rings is 1. The molecule has 0 bridgehead atoms. The average Bonchev–Trinajstić information content (AvgIpc) is 3.35. The largest absolute Gasteiger partial charge is 0.364 e. The number of nitrogens with zero attached hydrogens (tertiary/aromatic N) is 1. The first-order valence-electron chi connectivity index (χ1n) is 9.73. The molecule has 6 nitrogen and oxygen atoms in total. The molecule has 2 aromatic heterocycles. The second kappa shape index (κ2) is 11.1. The molecule has 30 heavy (non-hydrogen) atoms. The van der Waals surface area contributed by atoms with Gasteiger partial charge in [-0.3, -0.25) is 9.59 Å². The van der Waals surface area contributed by atoms with Crippen LogP contribution < -0.4 is 10.6 Å². The van der Waals surface area contributed by atoms with E-state index < -0.39 is 0 Å². The molecule has 0 aliphatic rings. The Kier molecular flexibility index (Phi) is 8.55. The third kappa shape index (κ3) is 5.90. The Hall–Kier alpha value is -3.19. The molecule has 0 radical (unpaired) electrons. The van der Waals surface area contributed by atoms with Crippen molar-refractivity contribution in [3.63, 3.8) is 0 Å². The standard InChI is InChI=1S/C23H28N4O2S/c1-6-8-9-19-17(5)25-12-20(19)21-13-30-23(27-21)15(3)10-18(11-24-14-28)22(29)26-16(4)7-2/h6,8-14,16,25H,1,7H2,2-5H3,(H,24,28)(H,26,29)/b9-8-,15-10+,18-11+. The van der Waals surface area contributed by atoms with Crippen LogP contribution in [-0.2, 0) is 9.59 Å². The van der Waals surface area contributed by atoms with E-state index in [1.165, 1.54) is 17.5 Å². The lowest BCUT2D eigenvalue weighted by atomic mass is 10.1. The van der Waals surface area contributed by atoms with Gasteiger partial charge in [0.2, 0.25) is 6.41 Å². The second-order valence-electron chi connectivity index (χ2n) is 6.87. The molecule has 3 N–H and O–H groups in total. The van der Waals surface area contributed by atoms with Crippen LogP contribution in [0.4, 0.5) is 0 Å². The number of aromatic nitrogens is 2. The Morgan fingerprint density at radius 3 is 2.87 bits per heavy atom. The van der Waals surface area contributed by atoms with E-state index in [2.05, 4.69) is 22.2 Å². The SMILES string of the molecule is C=C/C=C\c1c(-c2csc(/C(C)=C/C(=C\NC=O)C(=O)NC(C)CC)n2)c[nH]c1C.